The smallest absolute Gasteiger partial charge is 0.310 e. The highest BCUT2D eigenvalue weighted by Gasteiger charge is 2.21. The largest absolute Gasteiger partial charge is 0.469 e. The molecule has 1 amide bonds. The third kappa shape index (κ3) is 8.48. The van der Waals surface area contributed by atoms with E-state index in [0.29, 0.717) is 39.1 Å². The number of carbonyl (C=O) groups excluding carboxylic acids is 2. The molecule has 0 N–H and O–H groups in total. The standard InChI is InChI=1S/C24H31NO4/c1-20(24(27)28-2)18-25(19-22-12-7-4-8-13-22)23(26)14-9-16-29-17-15-21-10-5-3-6-11-21/h3-8,10-13,20H,9,14-19H2,1-2H3. The number of benzene rings is 2. The van der Waals surface area contributed by atoms with Gasteiger partial charge in [-0.25, -0.2) is 0 Å². The maximum Gasteiger partial charge on any atom is 0.310 e. The topological polar surface area (TPSA) is 55.8 Å². The van der Waals surface area contributed by atoms with Crippen LogP contribution in [0.2, 0.25) is 0 Å². The van der Waals surface area contributed by atoms with E-state index in [0.717, 1.165) is 12.0 Å². The number of carbonyl (C=O) groups is 2. The first-order valence-electron chi connectivity index (χ1n) is 10.1. The fourth-order valence-electron chi connectivity index (χ4n) is 3.08. The molecule has 5 nitrogen and oxygen atoms in total. The molecule has 2 aromatic rings. The second kappa shape index (κ2) is 12.7. The molecule has 0 aromatic heterocycles. The van der Waals surface area contributed by atoms with E-state index in [2.05, 4.69) is 12.1 Å². The number of ether oxygens (including phenoxy) is 2. The zero-order valence-electron chi connectivity index (χ0n) is 17.4. The van der Waals surface area contributed by atoms with Gasteiger partial charge in [0.25, 0.3) is 0 Å². The van der Waals surface area contributed by atoms with Gasteiger partial charge in [0, 0.05) is 26.1 Å². The van der Waals surface area contributed by atoms with Gasteiger partial charge in [0.1, 0.15) is 0 Å². The van der Waals surface area contributed by atoms with Crippen LogP contribution in [0.25, 0.3) is 0 Å². The fraction of sp³-hybridized carbons (Fsp3) is 0.417. The fourth-order valence-corrected chi connectivity index (χ4v) is 3.08. The summed E-state index contributed by atoms with van der Waals surface area (Å²) in [5.41, 5.74) is 2.28. The van der Waals surface area contributed by atoms with Gasteiger partial charge in [0.2, 0.25) is 5.91 Å². The van der Waals surface area contributed by atoms with E-state index in [9.17, 15) is 9.59 Å². The van der Waals surface area contributed by atoms with Crippen molar-refractivity contribution in [3.05, 3.63) is 71.8 Å². The Morgan fingerprint density at radius 3 is 2.17 bits per heavy atom. The molecule has 1 atom stereocenters. The molecule has 0 aliphatic heterocycles. The van der Waals surface area contributed by atoms with Crippen LogP contribution in [0, 0.1) is 5.92 Å². The molecule has 0 aliphatic carbocycles. The van der Waals surface area contributed by atoms with Crippen LogP contribution in [0.5, 0.6) is 0 Å². The van der Waals surface area contributed by atoms with Crippen molar-refractivity contribution in [1.29, 1.82) is 0 Å². The number of hydrogen-bond acceptors (Lipinski definition) is 4. The number of esters is 1. The summed E-state index contributed by atoms with van der Waals surface area (Å²) in [5, 5.41) is 0. The van der Waals surface area contributed by atoms with Gasteiger partial charge in [-0.15, -0.1) is 0 Å². The summed E-state index contributed by atoms with van der Waals surface area (Å²) in [6.07, 6.45) is 1.92. The highest BCUT2D eigenvalue weighted by Crippen LogP contribution is 2.11. The molecule has 0 fully saturated rings. The van der Waals surface area contributed by atoms with Crippen LogP contribution in [0.1, 0.15) is 30.9 Å². The molecular formula is C24H31NO4. The van der Waals surface area contributed by atoms with Crippen LogP contribution in [-0.4, -0.2) is 43.6 Å². The molecule has 0 saturated heterocycles. The number of hydrogen-bond donors (Lipinski definition) is 0. The van der Waals surface area contributed by atoms with E-state index in [4.69, 9.17) is 9.47 Å². The van der Waals surface area contributed by atoms with Gasteiger partial charge in [0.15, 0.2) is 0 Å². The normalized spacial score (nSPS) is 11.7. The van der Waals surface area contributed by atoms with E-state index < -0.39 is 0 Å². The maximum atomic E-state index is 12.8. The van der Waals surface area contributed by atoms with Crippen molar-refractivity contribution in [2.75, 3.05) is 26.9 Å². The molecule has 2 aromatic carbocycles. The third-order valence-electron chi connectivity index (χ3n) is 4.72. The summed E-state index contributed by atoms with van der Waals surface area (Å²) in [7, 11) is 1.37. The summed E-state index contributed by atoms with van der Waals surface area (Å²) in [5.74, 6) is -0.647. The minimum Gasteiger partial charge on any atom is -0.469 e. The van der Waals surface area contributed by atoms with Crippen LogP contribution in [-0.2, 0) is 32.0 Å². The molecule has 5 heteroatoms. The van der Waals surface area contributed by atoms with Crippen LogP contribution >= 0.6 is 0 Å². The Labute approximate surface area is 173 Å². The summed E-state index contributed by atoms with van der Waals surface area (Å²) in [6, 6.07) is 20.0. The number of methoxy groups -OCH3 is 1. The second-order valence-electron chi connectivity index (χ2n) is 7.14. The summed E-state index contributed by atoms with van der Waals surface area (Å²) in [6.45, 7) is 3.80. The van der Waals surface area contributed by atoms with Gasteiger partial charge in [0.05, 0.1) is 19.6 Å². The van der Waals surface area contributed by atoms with Crippen molar-refractivity contribution in [3.8, 4) is 0 Å². The minimum atomic E-state index is -0.366. The molecule has 0 aliphatic rings. The molecule has 156 valence electrons. The van der Waals surface area contributed by atoms with Crippen molar-refractivity contribution in [2.24, 2.45) is 5.92 Å². The summed E-state index contributed by atoms with van der Waals surface area (Å²) >= 11 is 0. The summed E-state index contributed by atoms with van der Waals surface area (Å²) in [4.78, 5) is 26.3. The Kier molecular flexibility index (Phi) is 9.93. The lowest BCUT2D eigenvalue weighted by Gasteiger charge is -2.25. The van der Waals surface area contributed by atoms with Crippen LogP contribution < -0.4 is 0 Å². The predicted molar refractivity (Wildman–Crippen MR) is 113 cm³/mol. The first-order valence-corrected chi connectivity index (χ1v) is 10.1. The van der Waals surface area contributed by atoms with Gasteiger partial charge < -0.3 is 14.4 Å². The second-order valence-corrected chi connectivity index (χ2v) is 7.14. The Bertz CT molecular complexity index is 733. The molecule has 0 saturated carbocycles. The SMILES string of the molecule is COC(=O)C(C)CN(Cc1ccccc1)C(=O)CCCOCCc1ccccc1. The van der Waals surface area contributed by atoms with Gasteiger partial charge in [-0.1, -0.05) is 67.6 Å². The molecule has 29 heavy (non-hydrogen) atoms. The Morgan fingerprint density at radius 1 is 0.931 bits per heavy atom. The highest BCUT2D eigenvalue weighted by molar-refractivity contribution is 5.78. The lowest BCUT2D eigenvalue weighted by atomic mass is 10.1. The van der Waals surface area contributed by atoms with Gasteiger partial charge in [-0.05, 0) is 24.0 Å². The maximum absolute atomic E-state index is 12.8. The van der Waals surface area contributed by atoms with E-state index >= 15 is 0 Å². The lowest BCUT2D eigenvalue weighted by Crippen LogP contribution is -2.36. The van der Waals surface area contributed by atoms with Crippen LogP contribution in [0.15, 0.2) is 60.7 Å². The van der Waals surface area contributed by atoms with Crippen LogP contribution in [0.3, 0.4) is 0 Å². The molecule has 2 rings (SSSR count). The molecular weight excluding hydrogens is 366 g/mol. The van der Waals surface area contributed by atoms with Crippen molar-refractivity contribution < 1.29 is 19.1 Å². The van der Waals surface area contributed by atoms with Crippen molar-refractivity contribution in [1.82, 2.24) is 4.90 Å². The predicted octanol–water partition coefficient (Wildman–Crippen LogP) is 3.86. The average molecular weight is 398 g/mol. The summed E-state index contributed by atoms with van der Waals surface area (Å²) < 4.78 is 10.5. The quantitative estimate of drug-likeness (QED) is 0.403. The molecule has 1 unspecified atom stereocenters. The number of amides is 1. The van der Waals surface area contributed by atoms with Crippen molar-refractivity contribution in [2.45, 2.75) is 32.7 Å². The first-order chi connectivity index (χ1) is 14.1. The zero-order valence-corrected chi connectivity index (χ0v) is 17.4. The number of rotatable bonds is 12. The average Bonchev–Trinajstić information content (AvgIpc) is 2.76. The Balaban J connectivity index is 1.78. The Morgan fingerprint density at radius 2 is 1.55 bits per heavy atom. The minimum absolute atomic E-state index is 0.0243. The van der Waals surface area contributed by atoms with Gasteiger partial charge >= 0.3 is 5.97 Å². The Hall–Kier alpha value is -2.66. The van der Waals surface area contributed by atoms with Gasteiger partial charge in [-0.2, -0.15) is 0 Å². The monoisotopic (exact) mass is 397 g/mol. The van der Waals surface area contributed by atoms with Gasteiger partial charge in [-0.3, -0.25) is 9.59 Å². The number of nitrogens with zero attached hydrogens (tertiary/aromatic N) is 1. The molecule has 0 radical (unpaired) electrons. The molecule has 0 spiro atoms. The molecule has 0 bridgehead atoms. The lowest BCUT2D eigenvalue weighted by molar-refractivity contribution is -0.146. The van der Waals surface area contributed by atoms with E-state index in [1.165, 1.54) is 12.7 Å². The van der Waals surface area contributed by atoms with Crippen LogP contribution in [0.4, 0.5) is 0 Å². The van der Waals surface area contributed by atoms with E-state index in [1.807, 2.05) is 48.5 Å². The zero-order chi connectivity index (χ0) is 20.9. The van der Waals surface area contributed by atoms with Crippen molar-refractivity contribution >= 4 is 11.9 Å². The van der Waals surface area contributed by atoms with E-state index in [-0.39, 0.29) is 17.8 Å². The third-order valence-corrected chi connectivity index (χ3v) is 4.72. The first kappa shape index (κ1) is 22.6. The molecule has 0 heterocycles. The van der Waals surface area contributed by atoms with Crippen molar-refractivity contribution in [3.63, 3.8) is 0 Å². The van der Waals surface area contributed by atoms with E-state index in [1.54, 1.807) is 11.8 Å². The highest BCUT2D eigenvalue weighted by atomic mass is 16.5.